The topological polar surface area (TPSA) is 93.8 Å². The molecule has 0 atom stereocenters. The van der Waals surface area contributed by atoms with E-state index in [4.69, 9.17) is 31.9 Å². The standard InChI is InChI=1S/C13H19ClN2O4/c1-2-19-11-6-9(7-16-3-4-17)5-10(14)13(11)20-8-12(15)18/h5-6,16-17H,2-4,7-8H2,1H3,(H2,15,18). The van der Waals surface area contributed by atoms with E-state index in [2.05, 4.69) is 5.32 Å². The number of hydrogen-bond donors (Lipinski definition) is 3. The summed E-state index contributed by atoms with van der Waals surface area (Å²) >= 11 is 6.13. The first-order valence-electron chi connectivity index (χ1n) is 6.26. The van der Waals surface area contributed by atoms with Crippen LogP contribution in [0.4, 0.5) is 0 Å². The first-order chi connectivity index (χ1) is 9.58. The van der Waals surface area contributed by atoms with Crippen molar-refractivity contribution < 1.29 is 19.4 Å². The molecule has 0 spiro atoms. The molecular formula is C13H19ClN2O4. The third kappa shape index (κ3) is 5.24. The van der Waals surface area contributed by atoms with Crippen molar-refractivity contribution in [2.45, 2.75) is 13.5 Å². The first-order valence-corrected chi connectivity index (χ1v) is 6.64. The normalized spacial score (nSPS) is 10.3. The van der Waals surface area contributed by atoms with E-state index in [0.717, 1.165) is 5.56 Å². The van der Waals surface area contributed by atoms with Gasteiger partial charge in [-0.15, -0.1) is 0 Å². The molecule has 0 bridgehead atoms. The monoisotopic (exact) mass is 302 g/mol. The van der Waals surface area contributed by atoms with Gasteiger partial charge in [0.05, 0.1) is 18.2 Å². The Morgan fingerprint density at radius 3 is 2.80 bits per heavy atom. The number of halogens is 1. The van der Waals surface area contributed by atoms with Crippen LogP contribution in [-0.2, 0) is 11.3 Å². The second-order valence-corrected chi connectivity index (χ2v) is 4.40. The lowest BCUT2D eigenvalue weighted by Gasteiger charge is -2.14. The molecule has 7 heteroatoms. The number of carbonyl (C=O) groups excluding carboxylic acids is 1. The van der Waals surface area contributed by atoms with Crippen molar-refractivity contribution in [3.63, 3.8) is 0 Å². The van der Waals surface area contributed by atoms with Gasteiger partial charge in [-0.3, -0.25) is 4.79 Å². The molecule has 0 heterocycles. The number of aliphatic hydroxyl groups is 1. The molecule has 0 aromatic heterocycles. The maximum Gasteiger partial charge on any atom is 0.255 e. The highest BCUT2D eigenvalue weighted by Gasteiger charge is 2.13. The van der Waals surface area contributed by atoms with Crippen molar-refractivity contribution in [2.24, 2.45) is 5.73 Å². The Kier molecular flexibility index (Phi) is 7.14. The lowest BCUT2D eigenvalue weighted by atomic mass is 10.2. The Bertz CT molecular complexity index is 454. The van der Waals surface area contributed by atoms with E-state index in [1.807, 2.05) is 6.92 Å². The summed E-state index contributed by atoms with van der Waals surface area (Å²) in [5.41, 5.74) is 5.93. The van der Waals surface area contributed by atoms with Crippen LogP contribution in [0.15, 0.2) is 12.1 Å². The number of benzene rings is 1. The van der Waals surface area contributed by atoms with Crippen LogP contribution in [-0.4, -0.2) is 37.4 Å². The number of carbonyl (C=O) groups is 1. The first kappa shape index (κ1) is 16.6. The zero-order chi connectivity index (χ0) is 15.0. The fourth-order valence-electron chi connectivity index (χ4n) is 1.58. The molecular weight excluding hydrogens is 284 g/mol. The lowest BCUT2D eigenvalue weighted by Crippen LogP contribution is -2.20. The summed E-state index contributed by atoms with van der Waals surface area (Å²) in [6.07, 6.45) is 0. The Morgan fingerprint density at radius 1 is 1.45 bits per heavy atom. The number of rotatable bonds is 9. The Labute approximate surface area is 122 Å². The van der Waals surface area contributed by atoms with E-state index in [1.54, 1.807) is 12.1 Å². The minimum atomic E-state index is -0.586. The maximum atomic E-state index is 10.8. The van der Waals surface area contributed by atoms with E-state index in [-0.39, 0.29) is 13.2 Å². The highest BCUT2D eigenvalue weighted by Crippen LogP contribution is 2.36. The summed E-state index contributed by atoms with van der Waals surface area (Å²) in [5.74, 6) is 0.178. The molecule has 1 amide bonds. The quantitative estimate of drug-likeness (QED) is 0.583. The summed E-state index contributed by atoms with van der Waals surface area (Å²) in [6, 6.07) is 3.49. The van der Waals surface area contributed by atoms with E-state index < -0.39 is 5.91 Å². The Balaban J connectivity index is 2.89. The van der Waals surface area contributed by atoms with Gasteiger partial charge in [-0.25, -0.2) is 0 Å². The van der Waals surface area contributed by atoms with Gasteiger partial charge in [-0.05, 0) is 24.6 Å². The molecule has 1 aromatic carbocycles. The van der Waals surface area contributed by atoms with Crippen molar-refractivity contribution >= 4 is 17.5 Å². The number of amides is 1. The van der Waals surface area contributed by atoms with E-state index in [0.29, 0.717) is 36.2 Å². The van der Waals surface area contributed by atoms with Crippen molar-refractivity contribution in [3.8, 4) is 11.5 Å². The second kappa shape index (κ2) is 8.63. The molecule has 0 radical (unpaired) electrons. The SMILES string of the molecule is CCOc1cc(CNCCO)cc(Cl)c1OCC(N)=O. The van der Waals surface area contributed by atoms with Gasteiger partial charge in [-0.2, -0.15) is 0 Å². The molecule has 112 valence electrons. The summed E-state index contributed by atoms with van der Waals surface area (Å²) in [5, 5.41) is 12.1. The van der Waals surface area contributed by atoms with E-state index in [1.165, 1.54) is 0 Å². The van der Waals surface area contributed by atoms with Crippen LogP contribution in [0.1, 0.15) is 12.5 Å². The summed E-state index contributed by atoms with van der Waals surface area (Å²) in [6.45, 7) is 3.10. The molecule has 20 heavy (non-hydrogen) atoms. The summed E-state index contributed by atoms with van der Waals surface area (Å²) < 4.78 is 10.7. The van der Waals surface area contributed by atoms with Gasteiger partial charge in [0, 0.05) is 13.1 Å². The predicted molar refractivity (Wildman–Crippen MR) is 76.1 cm³/mol. The van der Waals surface area contributed by atoms with E-state index >= 15 is 0 Å². The summed E-state index contributed by atoms with van der Waals surface area (Å²) in [7, 11) is 0. The third-order valence-corrected chi connectivity index (χ3v) is 2.63. The molecule has 0 saturated heterocycles. The van der Waals surface area contributed by atoms with Gasteiger partial charge < -0.3 is 25.6 Å². The van der Waals surface area contributed by atoms with Crippen molar-refractivity contribution in [1.29, 1.82) is 0 Å². The van der Waals surface area contributed by atoms with Crippen LogP contribution < -0.4 is 20.5 Å². The minimum Gasteiger partial charge on any atom is -0.490 e. The number of hydrogen-bond acceptors (Lipinski definition) is 5. The minimum absolute atomic E-state index is 0.0614. The average molecular weight is 303 g/mol. The maximum absolute atomic E-state index is 10.8. The lowest BCUT2D eigenvalue weighted by molar-refractivity contribution is -0.119. The van der Waals surface area contributed by atoms with Gasteiger partial charge in [0.15, 0.2) is 18.1 Å². The van der Waals surface area contributed by atoms with Crippen LogP contribution in [0.2, 0.25) is 5.02 Å². The molecule has 6 nitrogen and oxygen atoms in total. The number of ether oxygens (including phenoxy) is 2. The molecule has 0 aliphatic heterocycles. The number of aliphatic hydroxyl groups excluding tert-OH is 1. The average Bonchev–Trinajstić information content (AvgIpc) is 2.38. The van der Waals surface area contributed by atoms with Crippen LogP contribution in [0, 0.1) is 0 Å². The van der Waals surface area contributed by atoms with Crippen LogP contribution in [0.5, 0.6) is 11.5 Å². The van der Waals surface area contributed by atoms with Crippen molar-refractivity contribution in [1.82, 2.24) is 5.32 Å². The van der Waals surface area contributed by atoms with E-state index in [9.17, 15) is 4.79 Å². The molecule has 0 unspecified atom stereocenters. The predicted octanol–water partition coefficient (Wildman–Crippen LogP) is 0.685. The number of nitrogens with two attached hydrogens (primary N) is 1. The number of primary amides is 1. The Hall–Kier alpha value is -1.50. The fraction of sp³-hybridized carbons (Fsp3) is 0.462. The molecule has 0 aliphatic rings. The zero-order valence-corrected chi connectivity index (χ0v) is 12.1. The van der Waals surface area contributed by atoms with Crippen LogP contribution in [0.25, 0.3) is 0 Å². The van der Waals surface area contributed by atoms with Gasteiger partial charge in [0.1, 0.15) is 0 Å². The molecule has 0 aliphatic carbocycles. The fourth-order valence-corrected chi connectivity index (χ4v) is 1.87. The smallest absolute Gasteiger partial charge is 0.255 e. The molecule has 4 N–H and O–H groups in total. The molecule has 1 rings (SSSR count). The second-order valence-electron chi connectivity index (χ2n) is 3.99. The molecule has 0 saturated carbocycles. The third-order valence-electron chi connectivity index (χ3n) is 2.35. The molecule has 1 aromatic rings. The van der Waals surface area contributed by atoms with Crippen molar-refractivity contribution in [2.75, 3.05) is 26.4 Å². The van der Waals surface area contributed by atoms with Gasteiger partial charge >= 0.3 is 0 Å². The van der Waals surface area contributed by atoms with Crippen LogP contribution in [0.3, 0.4) is 0 Å². The highest BCUT2D eigenvalue weighted by atomic mass is 35.5. The van der Waals surface area contributed by atoms with Gasteiger partial charge in [-0.1, -0.05) is 11.6 Å². The highest BCUT2D eigenvalue weighted by molar-refractivity contribution is 6.32. The van der Waals surface area contributed by atoms with Crippen LogP contribution >= 0.6 is 11.6 Å². The molecule has 0 fully saturated rings. The summed E-state index contributed by atoms with van der Waals surface area (Å²) in [4.78, 5) is 10.8. The van der Waals surface area contributed by atoms with Gasteiger partial charge in [0.2, 0.25) is 0 Å². The van der Waals surface area contributed by atoms with Crippen molar-refractivity contribution in [3.05, 3.63) is 22.7 Å². The zero-order valence-electron chi connectivity index (χ0n) is 11.3. The number of nitrogens with one attached hydrogen (secondary N) is 1. The van der Waals surface area contributed by atoms with Gasteiger partial charge in [0.25, 0.3) is 5.91 Å². The Morgan fingerprint density at radius 2 is 2.20 bits per heavy atom. The largest absolute Gasteiger partial charge is 0.490 e.